The number of halogens is 2. The van der Waals surface area contributed by atoms with Gasteiger partial charge in [-0.1, -0.05) is 35.3 Å². The Morgan fingerprint density at radius 1 is 1.12 bits per heavy atom. The molecule has 0 amide bonds. The number of carboxylic acids is 1. The van der Waals surface area contributed by atoms with Gasteiger partial charge in [-0.15, -0.1) is 0 Å². The van der Waals surface area contributed by atoms with Crippen LogP contribution in [0.3, 0.4) is 0 Å². The minimum atomic E-state index is -1.16. The van der Waals surface area contributed by atoms with Gasteiger partial charge in [-0.3, -0.25) is 0 Å². The van der Waals surface area contributed by atoms with E-state index in [0.717, 1.165) is 31.2 Å². The predicted octanol–water partition coefficient (Wildman–Crippen LogP) is 5.69. The van der Waals surface area contributed by atoms with Crippen LogP contribution in [0.4, 0.5) is 0 Å². The Labute approximate surface area is 156 Å². The van der Waals surface area contributed by atoms with Crippen LogP contribution in [0.1, 0.15) is 36.0 Å². The van der Waals surface area contributed by atoms with E-state index in [-0.39, 0.29) is 21.7 Å². The van der Waals surface area contributed by atoms with E-state index in [1.165, 1.54) is 6.07 Å². The van der Waals surface area contributed by atoms with Crippen LogP contribution >= 0.6 is 23.2 Å². The van der Waals surface area contributed by atoms with Crippen LogP contribution in [-0.2, 0) is 0 Å². The monoisotopic (exact) mass is 380 g/mol. The van der Waals surface area contributed by atoms with E-state index in [2.05, 4.69) is 0 Å². The molecule has 4 nitrogen and oxygen atoms in total. The van der Waals surface area contributed by atoms with E-state index in [1.807, 2.05) is 12.1 Å². The quantitative estimate of drug-likeness (QED) is 0.723. The molecule has 0 atom stereocenters. The molecule has 25 heavy (non-hydrogen) atoms. The fourth-order valence-corrected chi connectivity index (χ4v) is 3.74. The van der Waals surface area contributed by atoms with Crippen molar-refractivity contribution in [3.63, 3.8) is 0 Å². The zero-order valence-electron chi connectivity index (χ0n) is 13.7. The normalized spacial score (nSPS) is 14.5. The molecule has 0 aliphatic heterocycles. The van der Waals surface area contributed by atoms with Crippen molar-refractivity contribution in [2.24, 2.45) is 0 Å². The lowest BCUT2D eigenvalue weighted by molar-refractivity contribution is 0.0697. The Bertz CT molecular complexity index is 798. The largest absolute Gasteiger partial charge is 0.493 e. The maximum Gasteiger partial charge on any atom is 0.338 e. The molecule has 1 fully saturated rings. The van der Waals surface area contributed by atoms with Crippen LogP contribution in [-0.4, -0.2) is 24.3 Å². The molecule has 0 unspecified atom stereocenters. The van der Waals surface area contributed by atoms with Gasteiger partial charge in [0.05, 0.1) is 28.8 Å². The fraction of sp³-hybridized carbons (Fsp3) is 0.316. The third-order valence-corrected chi connectivity index (χ3v) is 5.08. The van der Waals surface area contributed by atoms with Gasteiger partial charge >= 0.3 is 5.97 Å². The standard InChI is InChI=1S/C19H18Cl2O4/c1-24-15-9-6-11(10-16(15)25-12-4-2-3-5-12)13-7-8-14(20)17(18(13)21)19(22)23/h6-10,12H,2-5H2,1H3,(H,22,23). The minimum Gasteiger partial charge on any atom is -0.493 e. The molecule has 0 spiro atoms. The van der Waals surface area contributed by atoms with Gasteiger partial charge in [0.1, 0.15) is 0 Å². The molecule has 0 bridgehead atoms. The lowest BCUT2D eigenvalue weighted by atomic mass is 10.0. The van der Waals surface area contributed by atoms with Crippen molar-refractivity contribution >= 4 is 29.2 Å². The number of benzene rings is 2. The van der Waals surface area contributed by atoms with E-state index in [1.54, 1.807) is 19.2 Å². The summed E-state index contributed by atoms with van der Waals surface area (Å²) >= 11 is 12.3. The fourth-order valence-electron chi connectivity index (χ4n) is 3.09. The van der Waals surface area contributed by atoms with Gasteiger partial charge in [-0.05, 0) is 49.4 Å². The zero-order valence-corrected chi connectivity index (χ0v) is 15.2. The Hall–Kier alpha value is -1.91. The van der Waals surface area contributed by atoms with E-state index >= 15 is 0 Å². The molecule has 3 rings (SSSR count). The topological polar surface area (TPSA) is 55.8 Å². The molecule has 132 valence electrons. The highest BCUT2D eigenvalue weighted by Gasteiger charge is 2.21. The highest BCUT2D eigenvalue weighted by molar-refractivity contribution is 6.41. The van der Waals surface area contributed by atoms with Crippen LogP contribution in [0.15, 0.2) is 30.3 Å². The molecule has 0 saturated heterocycles. The van der Waals surface area contributed by atoms with Gasteiger partial charge in [0, 0.05) is 5.56 Å². The van der Waals surface area contributed by atoms with E-state index in [0.29, 0.717) is 17.1 Å². The van der Waals surface area contributed by atoms with Crippen molar-refractivity contribution in [2.75, 3.05) is 7.11 Å². The van der Waals surface area contributed by atoms with Crippen molar-refractivity contribution in [1.82, 2.24) is 0 Å². The van der Waals surface area contributed by atoms with Crippen LogP contribution in [0, 0.1) is 0 Å². The first kappa shape index (κ1) is 17.9. The second-order valence-corrected chi connectivity index (χ2v) is 6.76. The van der Waals surface area contributed by atoms with Crippen molar-refractivity contribution in [3.05, 3.63) is 45.9 Å². The van der Waals surface area contributed by atoms with Crippen molar-refractivity contribution in [1.29, 1.82) is 0 Å². The molecule has 1 aliphatic carbocycles. The number of aromatic carboxylic acids is 1. The van der Waals surface area contributed by atoms with Crippen molar-refractivity contribution < 1.29 is 19.4 Å². The minimum absolute atomic E-state index is 0.102. The average molecular weight is 381 g/mol. The number of rotatable bonds is 5. The first-order valence-electron chi connectivity index (χ1n) is 8.07. The van der Waals surface area contributed by atoms with E-state index in [4.69, 9.17) is 32.7 Å². The Morgan fingerprint density at radius 2 is 1.84 bits per heavy atom. The van der Waals surface area contributed by atoms with Gasteiger partial charge in [0.2, 0.25) is 0 Å². The number of carboxylic acid groups (broad SMARTS) is 1. The molecule has 2 aromatic rings. The van der Waals surface area contributed by atoms with Gasteiger partial charge < -0.3 is 14.6 Å². The number of hydrogen-bond donors (Lipinski definition) is 1. The number of hydrogen-bond acceptors (Lipinski definition) is 3. The maximum atomic E-state index is 11.4. The molecule has 6 heteroatoms. The molecular formula is C19H18Cl2O4. The number of methoxy groups -OCH3 is 1. The SMILES string of the molecule is COc1ccc(-c2ccc(Cl)c(C(=O)O)c2Cl)cc1OC1CCCC1. The summed E-state index contributed by atoms with van der Waals surface area (Å²) in [5.41, 5.74) is 1.23. The molecule has 0 heterocycles. The predicted molar refractivity (Wildman–Crippen MR) is 98.3 cm³/mol. The summed E-state index contributed by atoms with van der Waals surface area (Å²) in [4.78, 5) is 11.4. The third kappa shape index (κ3) is 3.70. The van der Waals surface area contributed by atoms with Crippen LogP contribution < -0.4 is 9.47 Å². The molecule has 0 radical (unpaired) electrons. The molecule has 0 aromatic heterocycles. The Morgan fingerprint density at radius 3 is 2.48 bits per heavy atom. The molecule has 1 aliphatic rings. The highest BCUT2D eigenvalue weighted by atomic mass is 35.5. The van der Waals surface area contributed by atoms with Gasteiger partial charge in [0.15, 0.2) is 11.5 Å². The molecule has 1 saturated carbocycles. The summed E-state index contributed by atoms with van der Waals surface area (Å²) in [5, 5.41) is 9.55. The first-order chi connectivity index (χ1) is 12.0. The second-order valence-electron chi connectivity index (χ2n) is 5.98. The number of carbonyl (C=O) groups is 1. The van der Waals surface area contributed by atoms with Crippen molar-refractivity contribution in [3.8, 4) is 22.6 Å². The highest BCUT2D eigenvalue weighted by Crippen LogP contribution is 2.39. The molecule has 2 aromatic carbocycles. The summed E-state index contributed by atoms with van der Waals surface area (Å²) in [7, 11) is 1.59. The summed E-state index contributed by atoms with van der Waals surface area (Å²) in [6.45, 7) is 0. The van der Waals surface area contributed by atoms with Crippen molar-refractivity contribution in [2.45, 2.75) is 31.8 Å². The van der Waals surface area contributed by atoms with Crippen LogP contribution in [0.5, 0.6) is 11.5 Å². The lowest BCUT2D eigenvalue weighted by Crippen LogP contribution is -2.11. The van der Waals surface area contributed by atoms with Gasteiger partial charge in [-0.2, -0.15) is 0 Å². The average Bonchev–Trinajstić information content (AvgIpc) is 3.07. The lowest BCUT2D eigenvalue weighted by Gasteiger charge is -2.17. The van der Waals surface area contributed by atoms with Gasteiger partial charge in [0.25, 0.3) is 0 Å². The summed E-state index contributed by atoms with van der Waals surface area (Å²) in [6, 6.07) is 8.69. The molecule has 1 N–H and O–H groups in total. The summed E-state index contributed by atoms with van der Waals surface area (Å²) < 4.78 is 11.5. The Balaban J connectivity index is 2.03. The second kappa shape index (κ2) is 7.54. The smallest absolute Gasteiger partial charge is 0.338 e. The van der Waals surface area contributed by atoms with E-state index < -0.39 is 5.97 Å². The third-order valence-electron chi connectivity index (χ3n) is 4.38. The maximum absolute atomic E-state index is 11.4. The van der Waals surface area contributed by atoms with E-state index in [9.17, 15) is 9.90 Å². The molecular weight excluding hydrogens is 363 g/mol. The Kier molecular flexibility index (Phi) is 5.40. The number of ether oxygens (including phenoxy) is 2. The first-order valence-corrected chi connectivity index (χ1v) is 8.83. The van der Waals surface area contributed by atoms with Gasteiger partial charge in [-0.25, -0.2) is 4.79 Å². The van der Waals surface area contributed by atoms with Crippen LogP contribution in [0.25, 0.3) is 11.1 Å². The van der Waals surface area contributed by atoms with Crippen LogP contribution in [0.2, 0.25) is 10.0 Å². The zero-order chi connectivity index (χ0) is 18.0. The summed E-state index contributed by atoms with van der Waals surface area (Å²) in [6.07, 6.45) is 4.56. The summed E-state index contributed by atoms with van der Waals surface area (Å²) in [5.74, 6) is 0.113.